The maximum Gasteiger partial charge on any atom is 0.409 e. The maximum atomic E-state index is 11.3. The SMILES string of the molecule is COC(=O)N1CCC(n2cccc2)CC1. The van der Waals surface area contributed by atoms with Gasteiger partial charge in [0.2, 0.25) is 0 Å². The quantitative estimate of drug-likeness (QED) is 0.706. The number of piperidine rings is 1. The van der Waals surface area contributed by atoms with Crippen LogP contribution in [0.25, 0.3) is 0 Å². The number of nitrogens with zero attached hydrogens (tertiary/aromatic N) is 2. The summed E-state index contributed by atoms with van der Waals surface area (Å²) in [6.07, 6.45) is 5.96. The molecule has 2 rings (SSSR count). The Kier molecular flexibility index (Phi) is 2.94. The molecule has 0 aliphatic carbocycles. The number of aromatic nitrogens is 1. The molecule has 1 amide bonds. The lowest BCUT2D eigenvalue weighted by Gasteiger charge is -2.31. The smallest absolute Gasteiger partial charge is 0.409 e. The standard InChI is InChI=1S/C11H16N2O2/c1-15-11(14)13-8-4-10(5-9-13)12-6-2-3-7-12/h2-3,6-7,10H,4-5,8-9H2,1H3. The van der Waals surface area contributed by atoms with E-state index >= 15 is 0 Å². The van der Waals surface area contributed by atoms with Crippen molar-refractivity contribution < 1.29 is 9.53 Å². The summed E-state index contributed by atoms with van der Waals surface area (Å²) in [5.41, 5.74) is 0. The highest BCUT2D eigenvalue weighted by Crippen LogP contribution is 2.22. The van der Waals surface area contributed by atoms with E-state index in [1.54, 1.807) is 4.90 Å². The molecule has 1 aromatic rings. The number of amides is 1. The van der Waals surface area contributed by atoms with E-state index in [1.165, 1.54) is 7.11 Å². The highest BCUT2D eigenvalue weighted by molar-refractivity contribution is 5.67. The van der Waals surface area contributed by atoms with E-state index < -0.39 is 0 Å². The van der Waals surface area contributed by atoms with Crippen molar-refractivity contribution in [2.75, 3.05) is 20.2 Å². The van der Waals surface area contributed by atoms with Crippen molar-refractivity contribution in [2.24, 2.45) is 0 Å². The topological polar surface area (TPSA) is 34.5 Å². The average molecular weight is 208 g/mol. The van der Waals surface area contributed by atoms with Crippen molar-refractivity contribution in [1.82, 2.24) is 9.47 Å². The molecular weight excluding hydrogens is 192 g/mol. The van der Waals surface area contributed by atoms with Crippen LogP contribution >= 0.6 is 0 Å². The Balaban J connectivity index is 1.90. The number of ether oxygens (including phenoxy) is 1. The molecule has 15 heavy (non-hydrogen) atoms. The van der Waals surface area contributed by atoms with E-state index in [1.807, 2.05) is 12.1 Å². The van der Waals surface area contributed by atoms with E-state index in [0.29, 0.717) is 6.04 Å². The summed E-state index contributed by atoms with van der Waals surface area (Å²) >= 11 is 0. The van der Waals surface area contributed by atoms with Crippen LogP contribution < -0.4 is 0 Å². The number of carbonyl (C=O) groups excluding carboxylic acids is 1. The van der Waals surface area contributed by atoms with Crippen LogP contribution in [0, 0.1) is 0 Å². The van der Waals surface area contributed by atoms with Gasteiger partial charge in [-0.3, -0.25) is 0 Å². The zero-order valence-corrected chi connectivity index (χ0v) is 8.93. The van der Waals surface area contributed by atoms with E-state index in [-0.39, 0.29) is 6.09 Å². The fourth-order valence-corrected chi connectivity index (χ4v) is 2.07. The van der Waals surface area contributed by atoms with Crippen molar-refractivity contribution in [2.45, 2.75) is 18.9 Å². The van der Waals surface area contributed by atoms with Crippen LogP contribution in [0.5, 0.6) is 0 Å². The van der Waals surface area contributed by atoms with Crippen LogP contribution in [-0.2, 0) is 4.74 Å². The first-order valence-corrected chi connectivity index (χ1v) is 5.26. The Morgan fingerprint density at radius 3 is 2.40 bits per heavy atom. The molecule has 1 saturated heterocycles. The lowest BCUT2D eigenvalue weighted by Crippen LogP contribution is -2.38. The summed E-state index contributed by atoms with van der Waals surface area (Å²) in [5.74, 6) is 0. The van der Waals surface area contributed by atoms with Gasteiger partial charge >= 0.3 is 6.09 Å². The monoisotopic (exact) mass is 208 g/mol. The Labute approximate surface area is 89.4 Å². The molecule has 1 fully saturated rings. The first kappa shape index (κ1) is 10.1. The van der Waals surface area contributed by atoms with Crippen molar-refractivity contribution in [3.05, 3.63) is 24.5 Å². The van der Waals surface area contributed by atoms with Gasteiger partial charge in [0.15, 0.2) is 0 Å². The summed E-state index contributed by atoms with van der Waals surface area (Å²) in [6.45, 7) is 1.57. The third-order valence-electron chi connectivity index (χ3n) is 2.95. The third kappa shape index (κ3) is 2.14. The maximum absolute atomic E-state index is 11.3. The Hall–Kier alpha value is -1.45. The van der Waals surface area contributed by atoms with Gasteiger partial charge in [-0.25, -0.2) is 4.79 Å². The largest absolute Gasteiger partial charge is 0.453 e. The lowest BCUT2D eigenvalue weighted by atomic mass is 10.1. The molecule has 0 saturated carbocycles. The number of methoxy groups -OCH3 is 1. The second-order valence-electron chi connectivity index (χ2n) is 3.82. The first-order valence-electron chi connectivity index (χ1n) is 5.26. The molecule has 0 N–H and O–H groups in total. The molecule has 1 aliphatic rings. The van der Waals surface area contributed by atoms with Gasteiger partial charge in [-0.05, 0) is 25.0 Å². The van der Waals surface area contributed by atoms with Crippen LogP contribution in [0.3, 0.4) is 0 Å². The molecule has 4 heteroatoms. The second kappa shape index (κ2) is 4.38. The van der Waals surface area contributed by atoms with E-state index in [4.69, 9.17) is 4.74 Å². The molecule has 0 radical (unpaired) electrons. The molecule has 0 aromatic carbocycles. The van der Waals surface area contributed by atoms with E-state index in [0.717, 1.165) is 25.9 Å². The van der Waals surface area contributed by atoms with E-state index in [9.17, 15) is 4.79 Å². The van der Waals surface area contributed by atoms with Crippen molar-refractivity contribution in [1.29, 1.82) is 0 Å². The molecular formula is C11H16N2O2. The number of likely N-dealkylation sites (tertiary alicyclic amines) is 1. The molecule has 82 valence electrons. The van der Waals surface area contributed by atoms with Crippen molar-refractivity contribution in [3.8, 4) is 0 Å². The summed E-state index contributed by atoms with van der Waals surface area (Å²) in [7, 11) is 1.43. The molecule has 0 unspecified atom stereocenters. The molecule has 0 bridgehead atoms. The van der Waals surface area contributed by atoms with Gasteiger partial charge in [0.25, 0.3) is 0 Å². The van der Waals surface area contributed by atoms with Gasteiger partial charge in [0.1, 0.15) is 0 Å². The van der Waals surface area contributed by atoms with Crippen molar-refractivity contribution in [3.63, 3.8) is 0 Å². The zero-order valence-electron chi connectivity index (χ0n) is 8.93. The predicted octanol–water partition coefficient (Wildman–Crippen LogP) is 1.89. The fourth-order valence-electron chi connectivity index (χ4n) is 2.07. The predicted molar refractivity (Wildman–Crippen MR) is 56.7 cm³/mol. The fraction of sp³-hybridized carbons (Fsp3) is 0.545. The highest BCUT2D eigenvalue weighted by Gasteiger charge is 2.23. The van der Waals surface area contributed by atoms with Crippen LogP contribution in [-0.4, -0.2) is 35.8 Å². The summed E-state index contributed by atoms with van der Waals surface area (Å²) < 4.78 is 6.91. The molecule has 1 aromatic heterocycles. The summed E-state index contributed by atoms with van der Waals surface area (Å²) in [5, 5.41) is 0. The van der Waals surface area contributed by atoms with Gasteiger partial charge in [-0.1, -0.05) is 0 Å². The Morgan fingerprint density at radius 1 is 1.27 bits per heavy atom. The van der Waals surface area contributed by atoms with Crippen LogP contribution in [0.15, 0.2) is 24.5 Å². The zero-order chi connectivity index (χ0) is 10.7. The Morgan fingerprint density at radius 2 is 1.87 bits per heavy atom. The van der Waals surface area contributed by atoms with Crippen molar-refractivity contribution >= 4 is 6.09 Å². The minimum Gasteiger partial charge on any atom is -0.453 e. The van der Waals surface area contributed by atoms with Crippen LogP contribution in [0.1, 0.15) is 18.9 Å². The molecule has 1 aliphatic heterocycles. The van der Waals surface area contributed by atoms with Crippen LogP contribution in [0.2, 0.25) is 0 Å². The van der Waals surface area contributed by atoms with Crippen LogP contribution in [0.4, 0.5) is 4.79 Å². The second-order valence-corrected chi connectivity index (χ2v) is 3.82. The third-order valence-corrected chi connectivity index (χ3v) is 2.95. The number of hydrogen-bond donors (Lipinski definition) is 0. The summed E-state index contributed by atoms with van der Waals surface area (Å²) in [6, 6.07) is 4.60. The van der Waals surface area contributed by atoms with E-state index in [2.05, 4.69) is 17.0 Å². The highest BCUT2D eigenvalue weighted by atomic mass is 16.5. The molecule has 4 nitrogen and oxygen atoms in total. The summed E-state index contributed by atoms with van der Waals surface area (Å²) in [4.78, 5) is 13.0. The Bertz CT molecular complexity index is 313. The van der Waals surface area contributed by atoms with Gasteiger partial charge in [0, 0.05) is 31.5 Å². The molecule has 0 atom stereocenters. The number of rotatable bonds is 1. The average Bonchev–Trinajstić information content (AvgIpc) is 2.82. The minimum atomic E-state index is -0.207. The number of hydrogen-bond acceptors (Lipinski definition) is 2. The number of carbonyl (C=O) groups is 1. The van der Waals surface area contributed by atoms with Gasteiger partial charge in [-0.2, -0.15) is 0 Å². The lowest BCUT2D eigenvalue weighted by molar-refractivity contribution is 0.107. The van der Waals surface area contributed by atoms with Gasteiger partial charge in [-0.15, -0.1) is 0 Å². The van der Waals surface area contributed by atoms with Gasteiger partial charge < -0.3 is 14.2 Å². The normalized spacial score (nSPS) is 17.8. The minimum absolute atomic E-state index is 0.207. The molecule has 2 heterocycles. The first-order chi connectivity index (χ1) is 7.31. The van der Waals surface area contributed by atoms with Gasteiger partial charge in [0.05, 0.1) is 7.11 Å². The molecule has 0 spiro atoms.